The van der Waals surface area contributed by atoms with Crippen molar-refractivity contribution < 1.29 is 31.5 Å². The van der Waals surface area contributed by atoms with Crippen LogP contribution in [0.5, 0.6) is 5.75 Å². The summed E-state index contributed by atoms with van der Waals surface area (Å²) in [5.41, 5.74) is -4.19. The second-order valence-corrected chi connectivity index (χ2v) is 4.61. The Balaban J connectivity index is 2.40. The molecule has 0 unspecified atom stereocenters. The van der Waals surface area contributed by atoms with Crippen LogP contribution in [0.3, 0.4) is 0 Å². The zero-order valence-corrected chi connectivity index (χ0v) is 10.7. The maximum absolute atomic E-state index is 11.9. The molecule has 1 N–H and O–H groups in total. The SMILES string of the molecule is O=C(NCCSC(F)(F)F)c1ccc(OC(F)F)cc1. The van der Waals surface area contributed by atoms with Gasteiger partial charge in [-0.2, -0.15) is 22.0 Å². The minimum atomic E-state index is -4.33. The highest BCUT2D eigenvalue weighted by Crippen LogP contribution is 2.29. The second kappa shape index (κ2) is 7.32. The second-order valence-electron chi connectivity index (χ2n) is 3.45. The molecule has 112 valence electrons. The number of rotatable bonds is 6. The van der Waals surface area contributed by atoms with Crippen molar-refractivity contribution >= 4 is 17.7 Å². The molecule has 0 aliphatic rings. The van der Waals surface area contributed by atoms with E-state index in [2.05, 4.69) is 10.1 Å². The molecule has 0 spiro atoms. The summed E-state index contributed by atoms with van der Waals surface area (Å²) < 4.78 is 63.3. The van der Waals surface area contributed by atoms with Crippen LogP contribution in [0.4, 0.5) is 22.0 Å². The molecular weight excluding hydrogens is 305 g/mol. The maximum Gasteiger partial charge on any atom is 0.441 e. The first-order valence-corrected chi connectivity index (χ1v) is 6.30. The molecule has 1 rings (SSSR count). The van der Waals surface area contributed by atoms with Crippen LogP contribution < -0.4 is 10.1 Å². The predicted octanol–water partition coefficient (Wildman–Crippen LogP) is 3.27. The van der Waals surface area contributed by atoms with Crippen LogP contribution in [-0.4, -0.2) is 30.3 Å². The van der Waals surface area contributed by atoms with Crippen molar-refractivity contribution in [3.05, 3.63) is 29.8 Å². The number of ether oxygens (including phenoxy) is 1. The van der Waals surface area contributed by atoms with E-state index in [-0.39, 0.29) is 35.4 Å². The molecule has 0 atom stereocenters. The molecule has 0 aliphatic heterocycles. The Morgan fingerprint density at radius 1 is 1.25 bits per heavy atom. The zero-order chi connectivity index (χ0) is 15.2. The molecule has 0 bridgehead atoms. The number of halogens is 5. The van der Waals surface area contributed by atoms with Crippen LogP contribution in [0, 0.1) is 0 Å². The Kier molecular flexibility index (Phi) is 6.05. The standard InChI is InChI=1S/C11H10F5NO2S/c12-10(13)19-8-3-1-7(2-4-8)9(18)17-5-6-20-11(14,15)16/h1-4,10H,5-6H2,(H,17,18). The molecule has 1 amide bonds. The number of carbonyl (C=O) groups excluding carboxylic acids is 1. The molecule has 20 heavy (non-hydrogen) atoms. The Morgan fingerprint density at radius 2 is 1.85 bits per heavy atom. The van der Waals surface area contributed by atoms with E-state index >= 15 is 0 Å². The molecule has 9 heteroatoms. The normalized spacial score (nSPS) is 11.5. The highest BCUT2D eigenvalue weighted by Gasteiger charge is 2.27. The molecule has 0 saturated carbocycles. The van der Waals surface area contributed by atoms with E-state index in [9.17, 15) is 26.7 Å². The molecule has 0 aromatic heterocycles. The van der Waals surface area contributed by atoms with Gasteiger partial charge in [0.05, 0.1) is 0 Å². The van der Waals surface area contributed by atoms with Crippen molar-refractivity contribution in [2.75, 3.05) is 12.3 Å². The topological polar surface area (TPSA) is 38.3 Å². The zero-order valence-electron chi connectivity index (χ0n) is 9.92. The Morgan fingerprint density at radius 3 is 2.35 bits per heavy atom. The number of amides is 1. The molecule has 0 aliphatic carbocycles. The first-order chi connectivity index (χ1) is 9.28. The molecule has 0 heterocycles. The first-order valence-electron chi connectivity index (χ1n) is 5.32. The monoisotopic (exact) mass is 315 g/mol. The molecule has 3 nitrogen and oxygen atoms in total. The van der Waals surface area contributed by atoms with Crippen molar-refractivity contribution in [1.29, 1.82) is 0 Å². The van der Waals surface area contributed by atoms with E-state index in [4.69, 9.17) is 0 Å². The highest BCUT2D eigenvalue weighted by atomic mass is 32.2. The van der Waals surface area contributed by atoms with Crippen molar-refractivity contribution in [3.63, 3.8) is 0 Å². The third-order valence-corrected chi connectivity index (χ3v) is 2.73. The minimum absolute atomic E-state index is 0.107. The minimum Gasteiger partial charge on any atom is -0.435 e. The average molecular weight is 315 g/mol. The summed E-state index contributed by atoms with van der Waals surface area (Å²) in [6, 6.07) is 4.82. The molecule has 1 aromatic carbocycles. The van der Waals surface area contributed by atoms with Gasteiger partial charge in [0.2, 0.25) is 0 Å². The molecule has 0 radical (unpaired) electrons. The smallest absolute Gasteiger partial charge is 0.435 e. The number of thioether (sulfide) groups is 1. The van der Waals surface area contributed by atoms with Crippen molar-refractivity contribution in [2.45, 2.75) is 12.1 Å². The van der Waals surface area contributed by atoms with Crippen molar-refractivity contribution in [3.8, 4) is 5.75 Å². The van der Waals surface area contributed by atoms with E-state index in [0.717, 1.165) is 0 Å². The van der Waals surface area contributed by atoms with Gasteiger partial charge in [-0.25, -0.2) is 0 Å². The van der Waals surface area contributed by atoms with Gasteiger partial charge in [-0.1, -0.05) is 0 Å². The summed E-state index contributed by atoms with van der Waals surface area (Å²) in [6.45, 7) is -3.12. The summed E-state index contributed by atoms with van der Waals surface area (Å²) >= 11 is -0.238. The van der Waals surface area contributed by atoms with Gasteiger partial charge in [0, 0.05) is 17.9 Å². The fraction of sp³-hybridized carbons (Fsp3) is 0.364. The molecule has 0 fully saturated rings. The third kappa shape index (κ3) is 6.60. The van der Waals surface area contributed by atoms with E-state index in [1.54, 1.807) is 0 Å². The highest BCUT2D eigenvalue weighted by molar-refractivity contribution is 8.00. The maximum atomic E-state index is 11.9. The summed E-state index contributed by atoms with van der Waals surface area (Å²) in [5.74, 6) is -0.998. The van der Waals surface area contributed by atoms with Crippen LogP contribution >= 0.6 is 11.8 Å². The fourth-order valence-electron chi connectivity index (χ4n) is 1.22. The van der Waals surface area contributed by atoms with Crippen LogP contribution in [0.25, 0.3) is 0 Å². The van der Waals surface area contributed by atoms with Gasteiger partial charge in [-0.05, 0) is 36.0 Å². The van der Waals surface area contributed by atoms with Crippen LogP contribution in [-0.2, 0) is 0 Å². The number of hydrogen-bond donors (Lipinski definition) is 1. The van der Waals surface area contributed by atoms with E-state index in [1.165, 1.54) is 24.3 Å². The van der Waals surface area contributed by atoms with E-state index in [1.807, 2.05) is 0 Å². The summed E-state index contributed by atoms with van der Waals surface area (Å²) in [6.07, 6.45) is 0. The average Bonchev–Trinajstić information content (AvgIpc) is 2.33. The lowest BCUT2D eigenvalue weighted by Crippen LogP contribution is -2.26. The predicted molar refractivity (Wildman–Crippen MR) is 63.9 cm³/mol. The number of benzene rings is 1. The van der Waals surface area contributed by atoms with Gasteiger partial charge in [0.25, 0.3) is 5.91 Å². The number of carbonyl (C=O) groups is 1. The van der Waals surface area contributed by atoms with Crippen LogP contribution in [0.2, 0.25) is 0 Å². The van der Waals surface area contributed by atoms with Crippen LogP contribution in [0.1, 0.15) is 10.4 Å². The van der Waals surface area contributed by atoms with E-state index in [0.29, 0.717) is 0 Å². The Labute approximate surface area is 115 Å². The Bertz CT molecular complexity index is 435. The number of alkyl halides is 5. The van der Waals surface area contributed by atoms with Crippen LogP contribution in [0.15, 0.2) is 24.3 Å². The van der Waals surface area contributed by atoms with Gasteiger partial charge >= 0.3 is 12.1 Å². The third-order valence-electron chi connectivity index (χ3n) is 2.00. The fourth-order valence-corrected chi connectivity index (χ4v) is 1.66. The summed E-state index contributed by atoms with van der Waals surface area (Å²) in [5, 5.41) is 2.28. The van der Waals surface area contributed by atoms with Gasteiger partial charge in [0.15, 0.2) is 0 Å². The van der Waals surface area contributed by atoms with Gasteiger partial charge in [-0.3, -0.25) is 4.79 Å². The lowest BCUT2D eigenvalue weighted by Gasteiger charge is -2.08. The van der Waals surface area contributed by atoms with Gasteiger partial charge < -0.3 is 10.1 Å². The molecule has 1 aromatic rings. The largest absolute Gasteiger partial charge is 0.441 e. The lowest BCUT2D eigenvalue weighted by molar-refractivity contribution is -0.0498. The molecule has 0 saturated heterocycles. The van der Waals surface area contributed by atoms with Crippen molar-refractivity contribution in [1.82, 2.24) is 5.32 Å². The summed E-state index contributed by atoms with van der Waals surface area (Å²) in [7, 11) is 0. The van der Waals surface area contributed by atoms with Gasteiger partial charge in [-0.15, -0.1) is 0 Å². The first kappa shape index (κ1) is 16.5. The van der Waals surface area contributed by atoms with Crippen molar-refractivity contribution in [2.24, 2.45) is 0 Å². The quantitative estimate of drug-likeness (QED) is 0.647. The summed E-state index contributed by atoms with van der Waals surface area (Å²) in [4.78, 5) is 11.5. The number of hydrogen-bond acceptors (Lipinski definition) is 3. The lowest BCUT2D eigenvalue weighted by atomic mass is 10.2. The number of nitrogens with one attached hydrogen (secondary N) is 1. The van der Waals surface area contributed by atoms with E-state index < -0.39 is 18.0 Å². The Hall–Kier alpha value is -1.51. The molecular formula is C11H10F5NO2S. The van der Waals surface area contributed by atoms with Gasteiger partial charge in [0.1, 0.15) is 5.75 Å².